The van der Waals surface area contributed by atoms with Crippen molar-refractivity contribution in [2.75, 3.05) is 99.0 Å². The van der Waals surface area contributed by atoms with Crippen molar-refractivity contribution in [1.82, 2.24) is 16.0 Å². The Bertz CT molecular complexity index is 4090. The molecule has 0 amide bonds. The molecule has 26 atom stereocenters. The van der Waals surface area contributed by atoms with E-state index in [0.717, 1.165) is 83.1 Å². The molecule has 6 unspecified atom stereocenters. The molecule has 0 radical (unpaired) electrons. The number of aliphatic hydroxyl groups is 2. The van der Waals surface area contributed by atoms with Crippen molar-refractivity contribution >= 4 is 70.1 Å². The molecule has 5 saturated carbocycles. The molecule has 130 heavy (non-hydrogen) atoms. The highest BCUT2D eigenvalue weighted by molar-refractivity contribution is 7.98. The third-order valence-corrected chi connectivity index (χ3v) is 29.8. The molecule has 1 aromatic rings. The number of oxime groups is 1. The zero-order valence-corrected chi connectivity index (χ0v) is 84.4. The Hall–Kier alpha value is -5.26. The molecule has 11 fully saturated rings. The van der Waals surface area contributed by atoms with Crippen molar-refractivity contribution in [3.63, 3.8) is 0 Å². The summed E-state index contributed by atoms with van der Waals surface area (Å²) in [5, 5.41) is 37.4. The number of ketones is 5. The Kier molecular flexibility index (Phi) is 41.6. The number of methoxy groups -OCH3 is 5. The number of thioether (sulfide) groups is 2. The molecule has 11 aliphatic rings. The van der Waals surface area contributed by atoms with E-state index in [9.17, 15) is 43.8 Å². The molecule has 5 aliphatic carbocycles. The Balaban J connectivity index is 0.000000201. The highest BCUT2D eigenvalue weighted by atomic mass is 32.2. The summed E-state index contributed by atoms with van der Waals surface area (Å²) in [7, 11) is 8.42. The van der Waals surface area contributed by atoms with Crippen LogP contribution in [0.5, 0.6) is 5.75 Å². The maximum Gasteiger partial charge on any atom is 0.306 e. The Morgan fingerprint density at radius 3 is 1.15 bits per heavy atom. The molecular formula is C101H160N4O23S2. The molecule has 27 nitrogen and oxygen atoms in total. The van der Waals surface area contributed by atoms with Crippen LogP contribution in [-0.4, -0.2) is 280 Å². The molecule has 0 aromatic heterocycles. The second-order valence-corrected chi connectivity index (χ2v) is 41.5. The lowest BCUT2D eigenvalue weighted by Gasteiger charge is -2.49. The number of carbonyl (C=O) groups excluding carboxylic acids is 7. The molecule has 12 rings (SSSR count). The van der Waals surface area contributed by atoms with Crippen LogP contribution in [0.2, 0.25) is 0 Å². The normalized spacial score (nSPS) is 36.3. The predicted molar refractivity (Wildman–Crippen MR) is 507 cm³/mol. The van der Waals surface area contributed by atoms with Crippen LogP contribution >= 0.6 is 23.5 Å². The van der Waals surface area contributed by atoms with Gasteiger partial charge in [0, 0.05) is 95.8 Å². The van der Waals surface area contributed by atoms with Gasteiger partial charge >= 0.3 is 11.9 Å². The molecule has 5 N–H and O–H groups in total. The SMILES string of the molecule is CO[C@@H]1C(NCC(C)=O)CC[C@](O)(CSC)[C@H]1[C@@]1(C)OC1CC=C(C)C.CO[C@@H]1C(NCC(C)=O)CC[C@]2(CO2)[C@H]1/C(C)=C/CC=C(C)C.CO[C@@H]1C(NCC(C)=O)CC[C@]2(CO2)[C@H]1/C(C)=N/Oc1ccccc1.CO[C@@H]1[C@H](OC(=O)CCC(C)=O)CC[C@](O)(CSC)[C@H]1[C@]1(C)OC1CC=C(C)C.CO[C@@H]1[C@H](OC(=O)CCC(C)=O)CC[C@]2(CO2)[C@H]1[C@]1(C)OC1CC=C(C)C. The van der Waals surface area contributed by atoms with E-state index >= 15 is 0 Å². The smallest absolute Gasteiger partial charge is 0.306 e. The zero-order chi connectivity index (χ0) is 96.1. The standard InChI is InChI=1S/C22H36O6S.C21H32O6.C20H35NO4S.C19H26N2O4.C19H31NO3/c1-14(2)7-9-17-21(4,28-17)20-19(26-5)16(11-12-22(20,25)13-29-6)27-18(24)10-8-15(3)23;1-13(2)6-8-16-20(4,27-16)19-18(24-5)15(10-11-21(19)12-25-21)26-17(23)9-7-14(3)22;1-13(2)7-8-16-19(4,25-16)18-17(24-5)15(21-11-14(3)22)9-10-20(18,23)12-26-6;1-13(22)11-20-16-9-10-19(12-24-19)17(18(16)23-3)14(2)21-25-15-7-5-4-6-8-15;1-13(2)7-6-8-14(3)17-18(22-5)16(20-11-15(4)21)9-10-19(17)12-23-19/h7,16-17,19-20,25H,8-13H2,1-6H3;6,15-16,18-19H,7-12H2,1-5H3;7,15-18,21,23H,8-12H2,1-6H3;4-8,16-18,20H,9-12H2,1-3H3;7-8,16-18,20H,6,9-12H2,1-5H3/b;;;21-14+;14-8+/t16-,17?,19-,20-,21-,22+;15-,16?,18-,19-,20-,21+;15?,16?,17-,18-,19+,20+;2*16?,17-,18+,19-/m11100/s1. The molecule has 6 heterocycles. The minimum absolute atomic E-state index is 0.000537. The molecule has 1 aromatic carbocycles. The van der Waals surface area contributed by atoms with Gasteiger partial charge in [-0.1, -0.05) is 81.6 Å². The van der Waals surface area contributed by atoms with Crippen molar-refractivity contribution in [3.05, 3.63) is 88.6 Å². The number of carbonyl (C=O) groups is 7. The van der Waals surface area contributed by atoms with E-state index in [1.807, 2.05) is 56.7 Å². The third-order valence-electron chi connectivity index (χ3n) is 28.2. The first-order chi connectivity index (χ1) is 61.4. The number of para-hydroxylation sites is 1. The molecular weight excluding hydrogens is 1700 g/mol. The van der Waals surface area contributed by atoms with Gasteiger partial charge in [-0.05, 0) is 239 Å². The quantitative estimate of drug-likeness (QED) is 0.0134. The van der Waals surface area contributed by atoms with Crippen LogP contribution in [0, 0.1) is 29.6 Å². The van der Waals surface area contributed by atoms with Gasteiger partial charge in [0.2, 0.25) is 0 Å². The number of allylic oxidation sites excluding steroid dienone is 6. The minimum atomic E-state index is -0.961. The first-order valence-corrected chi connectivity index (χ1v) is 49.7. The fraction of sp³-hybridized carbons (Fsp3) is 0.762. The van der Waals surface area contributed by atoms with E-state index < -0.39 is 40.6 Å². The summed E-state index contributed by atoms with van der Waals surface area (Å²) in [5.74, 6) is 1.34. The van der Waals surface area contributed by atoms with Gasteiger partial charge in [-0.2, -0.15) is 23.5 Å². The van der Waals surface area contributed by atoms with Crippen LogP contribution in [0.4, 0.5) is 0 Å². The summed E-state index contributed by atoms with van der Waals surface area (Å²) < 4.78 is 76.6. The Labute approximate surface area is 784 Å². The Morgan fingerprint density at radius 1 is 0.431 bits per heavy atom. The van der Waals surface area contributed by atoms with Gasteiger partial charge in [0.1, 0.15) is 86.9 Å². The van der Waals surface area contributed by atoms with Crippen LogP contribution in [-0.2, 0) is 95.1 Å². The molecule has 6 aliphatic heterocycles. The lowest BCUT2D eigenvalue weighted by Crippen LogP contribution is -2.63. The molecule has 0 bridgehead atoms. The zero-order valence-electron chi connectivity index (χ0n) is 82.8. The van der Waals surface area contributed by atoms with Crippen LogP contribution in [0.15, 0.2) is 93.7 Å². The number of nitrogens with one attached hydrogen (secondary N) is 3. The van der Waals surface area contributed by atoms with E-state index in [2.05, 4.69) is 128 Å². The second kappa shape index (κ2) is 49.2. The monoisotopic (exact) mass is 1860 g/mol. The maximum absolute atomic E-state index is 12.2. The number of hydrogen-bond acceptors (Lipinski definition) is 29. The van der Waals surface area contributed by atoms with Gasteiger partial charge in [0.05, 0.1) is 118 Å². The van der Waals surface area contributed by atoms with Gasteiger partial charge in [-0.25, -0.2) is 0 Å². The van der Waals surface area contributed by atoms with Crippen LogP contribution in [0.3, 0.4) is 0 Å². The third kappa shape index (κ3) is 29.6. The summed E-state index contributed by atoms with van der Waals surface area (Å²) in [6.45, 7) is 38.1. The molecule has 6 saturated heterocycles. The number of ether oxygens (including phenoxy) is 13. The minimum Gasteiger partial charge on any atom is -0.460 e. The van der Waals surface area contributed by atoms with Crippen molar-refractivity contribution in [2.24, 2.45) is 34.7 Å². The summed E-state index contributed by atoms with van der Waals surface area (Å²) in [5.41, 5.74) is 3.74. The van der Waals surface area contributed by atoms with E-state index in [1.165, 1.54) is 41.7 Å². The number of epoxide rings is 6. The average Bonchev–Trinajstić information content (AvgIpc) is 1.37. The van der Waals surface area contributed by atoms with Crippen LogP contribution < -0.4 is 20.8 Å². The number of benzene rings is 1. The van der Waals surface area contributed by atoms with E-state index in [1.54, 1.807) is 79.8 Å². The van der Waals surface area contributed by atoms with Crippen molar-refractivity contribution in [2.45, 2.75) is 364 Å². The molecule has 734 valence electrons. The summed E-state index contributed by atoms with van der Waals surface area (Å²) in [6.07, 6.45) is 25.4. The number of esters is 2. The molecule has 29 heteroatoms. The van der Waals surface area contributed by atoms with Gasteiger partial charge in [-0.15, -0.1) is 0 Å². The number of hydrogen-bond donors (Lipinski definition) is 5. The summed E-state index contributed by atoms with van der Waals surface area (Å²) >= 11 is 3.25. The maximum atomic E-state index is 12.2. The van der Waals surface area contributed by atoms with E-state index in [4.69, 9.17) is 66.4 Å². The fourth-order valence-electron chi connectivity index (χ4n) is 21.2. The average molecular weight is 1860 g/mol. The van der Waals surface area contributed by atoms with Gasteiger partial charge in [0.15, 0.2) is 5.75 Å². The van der Waals surface area contributed by atoms with Crippen molar-refractivity contribution < 1.29 is 110 Å². The number of rotatable bonds is 41. The summed E-state index contributed by atoms with van der Waals surface area (Å²) in [6, 6.07) is 9.83. The first kappa shape index (κ1) is 110. The summed E-state index contributed by atoms with van der Waals surface area (Å²) in [4.78, 5) is 86.3. The van der Waals surface area contributed by atoms with Crippen molar-refractivity contribution in [3.8, 4) is 5.75 Å². The predicted octanol–water partition coefficient (Wildman–Crippen LogP) is 14.1. The lowest BCUT2D eigenvalue weighted by molar-refractivity contribution is -0.192. The Morgan fingerprint density at radius 2 is 0.777 bits per heavy atom. The highest BCUT2D eigenvalue weighted by Crippen LogP contribution is 2.61. The van der Waals surface area contributed by atoms with Crippen molar-refractivity contribution in [1.29, 1.82) is 0 Å². The van der Waals surface area contributed by atoms with Gasteiger partial charge < -0.3 is 102 Å². The van der Waals surface area contributed by atoms with Gasteiger partial charge in [0.25, 0.3) is 0 Å². The topological polar surface area (TPSA) is 357 Å². The second-order valence-electron chi connectivity index (χ2n) is 39.8. The number of Topliss-reactive ketones (excluding diaryl/α,β-unsaturated/α-hetero) is 5. The first-order valence-electron chi connectivity index (χ1n) is 47.0. The largest absolute Gasteiger partial charge is 0.460 e. The van der Waals surface area contributed by atoms with E-state index in [0.29, 0.717) is 69.2 Å². The van der Waals surface area contributed by atoms with Gasteiger partial charge in [-0.3, -0.25) is 24.0 Å². The number of nitrogens with zero attached hydrogens (tertiary/aromatic N) is 1. The fourth-order valence-corrected chi connectivity index (χ4v) is 22.8. The van der Waals surface area contributed by atoms with Crippen LogP contribution in [0.25, 0.3) is 0 Å². The lowest BCUT2D eigenvalue weighted by atomic mass is 9.65. The molecule has 3 spiro atoms. The van der Waals surface area contributed by atoms with Crippen LogP contribution in [0.1, 0.15) is 240 Å². The van der Waals surface area contributed by atoms with E-state index in [-0.39, 0.29) is 180 Å². The highest BCUT2D eigenvalue weighted by Gasteiger charge is 2.73.